The van der Waals surface area contributed by atoms with E-state index in [9.17, 15) is 19.2 Å². The molecule has 0 fully saturated rings. The minimum atomic E-state index is -0.193. The van der Waals surface area contributed by atoms with Gasteiger partial charge in [0.2, 0.25) is 23.6 Å². The zero-order valence-corrected chi connectivity index (χ0v) is 29.3. The number of carbonyl (C=O) groups is 4. The highest BCUT2D eigenvalue weighted by atomic mass is 16.2. The average Bonchev–Trinajstić information content (AvgIpc) is 3.02. The second-order valence-corrected chi connectivity index (χ2v) is 12.8. The van der Waals surface area contributed by atoms with E-state index >= 15 is 0 Å². The maximum atomic E-state index is 12.0. The summed E-state index contributed by atoms with van der Waals surface area (Å²) in [5.74, 6) is -0.232. The Morgan fingerprint density at radius 3 is 0.870 bits per heavy atom. The minimum absolute atomic E-state index is 0.0774. The highest BCUT2D eigenvalue weighted by molar-refractivity contribution is 5.77. The number of primary amides is 2. The van der Waals surface area contributed by atoms with Crippen LogP contribution in [0.3, 0.4) is 0 Å². The molecule has 0 rings (SSSR count). The van der Waals surface area contributed by atoms with Gasteiger partial charge >= 0.3 is 0 Å². The summed E-state index contributed by atoms with van der Waals surface area (Å²) in [6.07, 6.45) is 38.3. The van der Waals surface area contributed by atoms with Crippen LogP contribution in [0.1, 0.15) is 180 Å². The van der Waals surface area contributed by atoms with Gasteiger partial charge in [0, 0.05) is 38.8 Å². The molecular formula is C38H70N4O4. The summed E-state index contributed by atoms with van der Waals surface area (Å²) in [5, 5.41) is 5.83. The first-order chi connectivity index (χ1) is 22.4. The summed E-state index contributed by atoms with van der Waals surface area (Å²) in [5.41, 5.74) is 10.3. The minimum Gasteiger partial charge on any atom is -0.370 e. The first-order valence-corrected chi connectivity index (χ1v) is 18.8. The van der Waals surface area contributed by atoms with Crippen LogP contribution < -0.4 is 22.1 Å². The van der Waals surface area contributed by atoms with E-state index in [1.165, 1.54) is 77.0 Å². The molecule has 46 heavy (non-hydrogen) atoms. The molecule has 0 aliphatic heterocycles. The SMILES string of the molecule is NC(=O)CCCCCCCC=CCCCCCCCC(=O)NCCNC(=O)CCCCCCCC=CCCCCCCCC(N)=O. The van der Waals surface area contributed by atoms with Crippen molar-refractivity contribution in [3.05, 3.63) is 24.3 Å². The van der Waals surface area contributed by atoms with Crippen LogP contribution in [-0.2, 0) is 19.2 Å². The summed E-state index contributed by atoms with van der Waals surface area (Å²) < 4.78 is 0. The third-order valence-electron chi connectivity index (χ3n) is 8.24. The lowest BCUT2D eigenvalue weighted by Crippen LogP contribution is -2.34. The zero-order valence-electron chi connectivity index (χ0n) is 29.3. The Hall–Kier alpha value is -2.64. The molecule has 0 aromatic carbocycles. The second-order valence-electron chi connectivity index (χ2n) is 12.8. The first-order valence-electron chi connectivity index (χ1n) is 18.8. The van der Waals surface area contributed by atoms with Crippen LogP contribution in [0, 0.1) is 0 Å². The Bertz CT molecular complexity index is 747. The van der Waals surface area contributed by atoms with Crippen LogP contribution in [0.15, 0.2) is 24.3 Å². The van der Waals surface area contributed by atoms with Crippen molar-refractivity contribution in [1.82, 2.24) is 10.6 Å². The van der Waals surface area contributed by atoms with Crippen molar-refractivity contribution in [1.29, 1.82) is 0 Å². The predicted octanol–water partition coefficient (Wildman–Crippen LogP) is 8.22. The molecule has 0 aliphatic rings. The Labute approximate surface area is 281 Å². The first kappa shape index (κ1) is 43.4. The molecule has 0 bridgehead atoms. The summed E-state index contributed by atoms with van der Waals surface area (Å²) in [7, 11) is 0. The maximum absolute atomic E-state index is 12.0. The highest BCUT2D eigenvalue weighted by Gasteiger charge is 2.03. The van der Waals surface area contributed by atoms with Crippen LogP contribution in [0.2, 0.25) is 0 Å². The lowest BCUT2D eigenvalue weighted by Gasteiger charge is -2.07. The van der Waals surface area contributed by atoms with Gasteiger partial charge < -0.3 is 22.1 Å². The summed E-state index contributed by atoms with van der Waals surface area (Å²) in [4.78, 5) is 45.4. The van der Waals surface area contributed by atoms with E-state index in [2.05, 4.69) is 34.9 Å². The quantitative estimate of drug-likeness (QED) is 0.0406. The van der Waals surface area contributed by atoms with Crippen molar-refractivity contribution in [3.8, 4) is 0 Å². The van der Waals surface area contributed by atoms with Crippen LogP contribution in [0.4, 0.5) is 0 Å². The molecule has 4 amide bonds. The van der Waals surface area contributed by atoms with Gasteiger partial charge in [-0.3, -0.25) is 19.2 Å². The van der Waals surface area contributed by atoms with Gasteiger partial charge in [-0.15, -0.1) is 0 Å². The number of allylic oxidation sites excluding steroid dienone is 4. The molecule has 0 heterocycles. The van der Waals surface area contributed by atoms with Gasteiger partial charge in [0.15, 0.2) is 0 Å². The topological polar surface area (TPSA) is 144 Å². The predicted molar refractivity (Wildman–Crippen MR) is 192 cm³/mol. The molecule has 0 unspecified atom stereocenters. The monoisotopic (exact) mass is 647 g/mol. The lowest BCUT2D eigenvalue weighted by molar-refractivity contribution is -0.123. The van der Waals surface area contributed by atoms with Gasteiger partial charge in [0.05, 0.1) is 0 Å². The molecular weight excluding hydrogens is 576 g/mol. The van der Waals surface area contributed by atoms with Gasteiger partial charge in [0.25, 0.3) is 0 Å². The molecule has 0 saturated heterocycles. The second kappa shape index (κ2) is 35.2. The molecule has 0 aromatic heterocycles. The Morgan fingerprint density at radius 1 is 0.348 bits per heavy atom. The Morgan fingerprint density at radius 2 is 0.587 bits per heavy atom. The van der Waals surface area contributed by atoms with Crippen molar-refractivity contribution in [3.63, 3.8) is 0 Å². The van der Waals surface area contributed by atoms with E-state index < -0.39 is 0 Å². The average molecular weight is 647 g/mol. The molecule has 6 N–H and O–H groups in total. The van der Waals surface area contributed by atoms with E-state index in [-0.39, 0.29) is 23.6 Å². The Kier molecular flexibility index (Phi) is 33.2. The van der Waals surface area contributed by atoms with Crippen molar-refractivity contribution in [2.45, 2.75) is 180 Å². The standard InChI is InChI=1S/C38H70N4O4/c39-35(43)29-25-21-17-13-9-5-1-3-7-11-15-19-23-27-31-37(45)41-33-34-42-38(46)32-28-24-20-16-12-8-4-2-6-10-14-18-22-26-30-36(40)44/h1-4H,5-34H2,(H2,39,43)(H2,40,44)(H,41,45)(H,42,46). The van der Waals surface area contributed by atoms with E-state index in [0.29, 0.717) is 38.8 Å². The van der Waals surface area contributed by atoms with Gasteiger partial charge in [-0.2, -0.15) is 0 Å². The van der Waals surface area contributed by atoms with E-state index in [4.69, 9.17) is 11.5 Å². The number of hydrogen-bond acceptors (Lipinski definition) is 4. The van der Waals surface area contributed by atoms with Crippen LogP contribution >= 0.6 is 0 Å². The molecule has 8 heteroatoms. The number of amides is 4. The van der Waals surface area contributed by atoms with Crippen molar-refractivity contribution in [2.24, 2.45) is 11.5 Å². The van der Waals surface area contributed by atoms with E-state index in [1.807, 2.05) is 0 Å². The van der Waals surface area contributed by atoms with E-state index in [0.717, 1.165) is 77.0 Å². The molecule has 0 spiro atoms. The lowest BCUT2D eigenvalue weighted by atomic mass is 10.1. The molecule has 266 valence electrons. The fraction of sp³-hybridized carbons (Fsp3) is 0.789. The smallest absolute Gasteiger partial charge is 0.220 e. The molecule has 0 atom stereocenters. The van der Waals surface area contributed by atoms with Gasteiger partial charge in [-0.05, 0) is 77.0 Å². The number of rotatable bonds is 35. The number of unbranched alkanes of at least 4 members (excludes halogenated alkanes) is 20. The van der Waals surface area contributed by atoms with Gasteiger partial charge in [0.1, 0.15) is 0 Å². The normalized spacial score (nSPS) is 11.4. The fourth-order valence-corrected chi connectivity index (χ4v) is 5.39. The zero-order chi connectivity index (χ0) is 33.8. The number of nitrogens with one attached hydrogen (secondary N) is 2. The molecule has 0 radical (unpaired) electrons. The third-order valence-corrected chi connectivity index (χ3v) is 8.24. The molecule has 8 nitrogen and oxygen atoms in total. The third kappa shape index (κ3) is 37.5. The number of nitrogens with two attached hydrogens (primary N) is 2. The fourth-order valence-electron chi connectivity index (χ4n) is 5.39. The summed E-state index contributed by atoms with van der Waals surface area (Å²) >= 11 is 0. The van der Waals surface area contributed by atoms with Crippen LogP contribution in [0.25, 0.3) is 0 Å². The van der Waals surface area contributed by atoms with Crippen LogP contribution in [0.5, 0.6) is 0 Å². The molecule has 0 aromatic rings. The van der Waals surface area contributed by atoms with Crippen LogP contribution in [-0.4, -0.2) is 36.7 Å². The molecule has 0 saturated carbocycles. The van der Waals surface area contributed by atoms with Gasteiger partial charge in [-0.25, -0.2) is 0 Å². The highest BCUT2D eigenvalue weighted by Crippen LogP contribution is 2.11. The van der Waals surface area contributed by atoms with E-state index in [1.54, 1.807) is 0 Å². The van der Waals surface area contributed by atoms with Crippen molar-refractivity contribution >= 4 is 23.6 Å². The van der Waals surface area contributed by atoms with Crippen molar-refractivity contribution in [2.75, 3.05) is 13.1 Å². The number of carbonyl (C=O) groups excluding carboxylic acids is 4. The van der Waals surface area contributed by atoms with Crippen molar-refractivity contribution < 1.29 is 19.2 Å². The summed E-state index contributed by atoms with van der Waals surface area (Å²) in [6.45, 7) is 0.993. The van der Waals surface area contributed by atoms with Gasteiger partial charge in [-0.1, -0.05) is 101 Å². The number of hydrogen-bond donors (Lipinski definition) is 4. The maximum Gasteiger partial charge on any atom is 0.220 e. The summed E-state index contributed by atoms with van der Waals surface area (Å²) in [6, 6.07) is 0. The molecule has 0 aliphatic carbocycles. The largest absolute Gasteiger partial charge is 0.370 e. The Balaban J connectivity index is 3.35.